The molecular weight excluding hydrogens is 236 g/mol. The van der Waals surface area contributed by atoms with Crippen LogP contribution in [0.5, 0.6) is 0 Å². The summed E-state index contributed by atoms with van der Waals surface area (Å²) in [6.45, 7) is 1.18. The molecule has 0 aliphatic rings. The Morgan fingerprint density at radius 1 is 0.684 bits per heavy atom. The first kappa shape index (κ1) is 13.8. The van der Waals surface area contributed by atoms with E-state index in [-0.39, 0.29) is 5.41 Å². The molecule has 0 spiro atoms. The minimum Gasteiger partial charge on any atom is -0.383 e. The highest BCUT2D eigenvalue weighted by atomic mass is 16.5. The smallest absolute Gasteiger partial charge is 0.0669 e. The quantitative estimate of drug-likeness (QED) is 0.789. The zero-order valence-corrected chi connectivity index (χ0v) is 11.5. The Morgan fingerprint density at radius 2 is 1.05 bits per heavy atom. The maximum Gasteiger partial charge on any atom is 0.0669 e. The van der Waals surface area contributed by atoms with Crippen molar-refractivity contribution in [1.29, 1.82) is 0 Å². The van der Waals surface area contributed by atoms with Crippen molar-refractivity contribution in [2.24, 2.45) is 0 Å². The first-order valence-corrected chi connectivity index (χ1v) is 6.42. The van der Waals surface area contributed by atoms with Gasteiger partial charge in [-0.1, -0.05) is 60.7 Å². The predicted molar refractivity (Wildman–Crippen MR) is 77.4 cm³/mol. The maximum absolute atomic E-state index is 5.49. The molecule has 0 N–H and O–H groups in total. The van der Waals surface area contributed by atoms with Crippen LogP contribution in [0, 0.1) is 0 Å². The molecular formula is C17H20O2. The van der Waals surface area contributed by atoms with Gasteiger partial charge >= 0.3 is 0 Å². The van der Waals surface area contributed by atoms with Gasteiger partial charge in [0.1, 0.15) is 0 Å². The average Bonchev–Trinajstić information content (AvgIpc) is 2.49. The molecule has 0 atom stereocenters. The molecule has 0 fully saturated rings. The van der Waals surface area contributed by atoms with E-state index in [9.17, 15) is 0 Å². The Labute approximate surface area is 115 Å². The van der Waals surface area contributed by atoms with Gasteiger partial charge in [0.15, 0.2) is 0 Å². The topological polar surface area (TPSA) is 18.5 Å². The number of benzene rings is 2. The minimum atomic E-state index is -0.258. The van der Waals surface area contributed by atoms with Gasteiger partial charge in [-0.3, -0.25) is 0 Å². The summed E-state index contributed by atoms with van der Waals surface area (Å²) in [5, 5.41) is 0. The molecule has 100 valence electrons. The molecule has 2 nitrogen and oxygen atoms in total. The highest BCUT2D eigenvalue weighted by molar-refractivity contribution is 5.39. The van der Waals surface area contributed by atoms with Crippen LogP contribution in [0.3, 0.4) is 0 Å². The van der Waals surface area contributed by atoms with Crippen molar-refractivity contribution in [1.82, 2.24) is 0 Å². The summed E-state index contributed by atoms with van der Waals surface area (Å²) in [5.41, 5.74) is 2.17. The van der Waals surface area contributed by atoms with Crippen LogP contribution in [0.25, 0.3) is 0 Å². The van der Waals surface area contributed by atoms with Crippen molar-refractivity contribution < 1.29 is 9.47 Å². The number of methoxy groups -OCH3 is 2. The van der Waals surface area contributed by atoms with E-state index in [4.69, 9.17) is 9.47 Å². The molecule has 0 saturated carbocycles. The van der Waals surface area contributed by atoms with Gasteiger partial charge in [-0.05, 0) is 11.1 Å². The van der Waals surface area contributed by atoms with Crippen molar-refractivity contribution >= 4 is 0 Å². The molecule has 19 heavy (non-hydrogen) atoms. The molecule has 0 radical (unpaired) electrons. The van der Waals surface area contributed by atoms with Gasteiger partial charge in [-0.15, -0.1) is 0 Å². The maximum atomic E-state index is 5.49. The van der Waals surface area contributed by atoms with Crippen molar-refractivity contribution in [2.45, 2.75) is 5.41 Å². The fraction of sp³-hybridized carbons (Fsp3) is 0.294. The number of hydrogen-bond acceptors (Lipinski definition) is 2. The SMILES string of the molecule is COCC(COC)(c1ccccc1)c1ccccc1. The number of ether oxygens (including phenoxy) is 2. The van der Waals surface area contributed by atoms with E-state index in [1.165, 1.54) is 11.1 Å². The molecule has 0 aliphatic heterocycles. The third-order valence-corrected chi connectivity index (χ3v) is 3.43. The van der Waals surface area contributed by atoms with Crippen LogP contribution in [-0.2, 0) is 14.9 Å². The number of rotatable bonds is 6. The third-order valence-electron chi connectivity index (χ3n) is 3.43. The van der Waals surface area contributed by atoms with Crippen LogP contribution in [-0.4, -0.2) is 27.4 Å². The Balaban J connectivity index is 2.54. The molecule has 0 heterocycles. The number of hydrogen-bond donors (Lipinski definition) is 0. The second kappa shape index (κ2) is 6.50. The summed E-state index contributed by atoms with van der Waals surface area (Å²) in [6.07, 6.45) is 0. The van der Waals surface area contributed by atoms with E-state index in [2.05, 4.69) is 48.5 Å². The summed E-state index contributed by atoms with van der Waals surface area (Å²) in [6, 6.07) is 20.8. The van der Waals surface area contributed by atoms with Crippen molar-refractivity contribution in [2.75, 3.05) is 27.4 Å². The van der Waals surface area contributed by atoms with Crippen molar-refractivity contribution in [3.05, 3.63) is 71.8 Å². The van der Waals surface area contributed by atoms with Gasteiger partial charge in [0.25, 0.3) is 0 Å². The molecule has 2 aromatic rings. The standard InChI is InChI=1S/C17H20O2/c1-18-13-17(14-19-2,15-9-5-3-6-10-15)16-11-7-4-8-12-16/h3-12H,13-14H2,1-2H3. The third kappa shape index (κ3) is 2.86. The normalized spacial score (nSPS) is 11.5. The van der Waals surface area contributed by atoms with Gasteiger partial charge in [0.2, 0.25) is 0 Å². The van der Waals surface area contributed by atoms with E-state index >= 15 is 0 Å². The Hall–Kier alpha value is -1.64. The highest BCUT2D eigenvalue weighted by Gasteiger charge is 2.34. The summed E-state index contributed by atoms with van der Waals surface area (Å²) in [7, 11) is 3.46. The molecule has 0 unspecified atom stereocenters. The van der Waals surface area contributed by atoms with Crippen LogP contribution in [0.4, 0.5) is 0 Å². The van der Waals surface area contributed by atoms with Crippen molar-refractivity contribution in [3.8, 4) is 0 Å². The van der Waals surface area contributed by atoms with Crippen LogP contribution in [0.1, 0.15) is 11.1 Å². The lowest BCUT2D eigenvalue weighted by Gasteiger charge is -2.33. The van der Waals surface area contributed by atoms with Crippen LogP contribution < -0.4 is 0 Å². The molecule has 2 rings (SSSR count). The zero-order valence-electron chi connectivity index (χ0n) is 11.5. The second-order valence-corrected chi connectivity index (χ2v) is 4.68. The predicted octanol–water partition coefficient (Wildman–Crippen LogP) is 3.27. The largest absolute Gasteiger partial charge is 0.383 e. The lowest BCUT2D eigenvalue weighted by molar-refractivity contribution is 0.0794. The first-order chi connectivity index (χ1) is 9.33. The Morgan fingerprint density at radius 3 is 1.37 bits per heavy atom. The molecule has 0 amide bonds. The second-order valence-electron chi connectivity index (χ2n) is 4.68. The average molecular weight is 256 g/mol. The highest BCUT2D eigenvalue weighted by Crippen LogP contribution is 2.33. The molecule has 0 saturated heterocycles. The monoisotopic (exact) mass is 256 g/mol. The summed E-state index contributed by atoms with van der Waals surface area (Å²) >= 11 is 0. The molecule has 2 aromatic carbocycles. The van der Waals surface area contributed by atoms with E-state index in [0.29, 0.717) is 13.2 Å². The fourth-order valence-corrected chi connectivity index (χ4v) is 2.55. The molecule has 0 aromatic heterocycles. The van der Waals surface area contributed by atoms with E-state index in [1.54, 1.807) is 14.2 Å². The molecule has 0 bridgehead atoms. The molecule has 2 heteroatoms. The van der Waals surface area contributed by atoms with Crippen LogP contribution in [0.15, 0.2) is 60.7 Å². The summed E-state index contributed by atoms with van der Waals surface area (Å²) in [4.78, 5) is 0. The van der Waals surface area contributed by atoms with Gasteiger partial charge in [0.05, 0.1) is 18.6 Å². The van der Waals surface area contributed by atoms with Gasteiger partial charge in [-0.25, -0.2) is 0 Å². The first-order valence-electron chi connectivity index (χ1n) is 6.42. The van der Waals surface area contributed by atoms with E-state index in [1.807, 2.05) is 12.1 Å². The van der Waals surface area contributed by atoms with Crippen LogP contribution in [0.2, 0.25) is 0 Å². The van der Waals surface area contributed by atoms with Gasteiger partial charge in [-0.2, -0.15) is 0 Å². The van der Waals surface area contributed by atoms with E-state index < -0.39 is 0 Å². The zero-order chi connectivity index (χ0) is 13.6. The van der Waals surface area contributed by atoms with E-state index in [0.717, 1.165) is 0 Å². The fourth-order valence-electron chi connectivity index (χ4n) is 2.55. The summed E-state index contributed by atoms with van der Waals surface area (Å²) < 4.78 is 11.0. The van der Waals surface area contributed by atoms with Crippen molar-refractivity contribution in [3.63, 3.8) is 0 Å². The van der Waals surface area contributed by atoms with Gasteiger partial charge < -0.3 is 9.47 Å². The molecule has 0 aliphatic carbocycles. The Kier molecular flexibility index (Phi) is 4.72. The Bertz CT molecular complexity index is 432. The lowest BCUT2D eigenvalue weighted by atomic mass is 9.75. The lowest BCUT2D eigenvalue weighted by Crippen LogP contribution is -2.37. The van der Waals surface area contributed by atoms with Gasteiger partial charge in [0, 0.05) is 14.2 Å². The van der Waals surface area contributed by atoms with Crippen LogP contribution >= 0.6 is 0 Å². The minimum absolute atomic E-state index is 0.258. The summed E-state index contributed by atoms with van der Waals surface area (Å²) in [5.74, 6) is 0.